The van der Waals surface area contributed by atoms with Gasteiger partial charge in [0.15, 0.2) is 0 Å². The minimum atomic E-state index is -0.889. The number of carboxylic acid groups (broad SMARTS) is 1. The number of aliphatic carboxylic acids is 1. The zero-order valence-corrected chi connectivity index (χ0v) is 16.7. The predicted octanol–water partition coefficient (Wildman–Crippen LogP) is 3.42. The van der Waals surface area contributed by atoms with Crippen LogP contribution in [-0.4, -0.2) is 44.2 Å². The molecule has 0 aromatic carbocycles. The van der Waals surface area contributed by atoms with Crippen LogP contribution in [0.1, 0.15) is 71.6 Å². The molecule has 0 bridgehead atoms. The summed E-state index contributed by atoms with van der Waals surface area (Å²) in [4.78, 5) is 10.5. The highest BCUT2D eigenvalue weighted by molar-refractivity contribution is 5.66. The number of carboxylic acids is 1. The third-order valence-electron chi connectivity index (χ3n) is 5.41. The lowest BCUT2D eigenvalue weighted by atomic mass is 9.87. The Morgan fingerprint density at radius 2 is 2.00 bits per heavy atom. The minimum Gasteiger partial charge on any atom is -0.481 e. The van der Waals surface area contributed by atoms with Gasteiger partial charge in [0.1, 0.15) is 0 Å². The molecular formula is C21H37NO5. The summed E-state index contributed by atoms with van der Waals surface area (Å²) in [7, 11) is 0. The fraction of sp³-hybridized carbons (Fsp3) is 0.762. The van der Waals surface area contributed by atoms with E-state index in [0.29, 0.717) is 32.1 Å². The Balaban J connectivity index is 2.64. The molecule has 6 nitrogen and oxygen atoms in total. The molecule has 1 aliphatic rings. The summed E-state index contributed by atoms with van der Waals surface area (Å²) >= 11 is 0. The molecule has 5 N–H and O–H groups in total. The van der Waals surface area contributed by atoms with E-state index in [0.717, 1.165) is 19.3 Å². The number of unbranched alkanes of at least 4 members (excludes halogenated alkanes) is 3. The number of rotatable bonds is 13. The summed E-state index contributed by atoms with van der Waals surface area (Å²) in [6.45, 7) is 3.92. The van der Waals surface area contributed by atoms with Crippen molar-refractivity contribution in [2.24, 2.45) is 11.8 Å². The van der Waals surface area contributed by atoms with E-state index in [9.17, 15) is 20.2 Å². The first-order chi connectivity index (χ1) is 12.8. The molecule has 0 heterocycles. The van der Waals surface area contributed by atoms with E-state index in [4.69, 9.17) is 5.11 Å². The molecule has 0 aromatic rings. The van der Waals surface area contributed by atoms with Gasteiger partial charge in [-0.3, -0.25) is 4.79 Å². The standard InChI is InChI=1S/C21H37NO5/c1-3-4-9-13-21(2,26)14-12-16-17(19(23)15-18(16)22-27)10-7-5-6-8-11-20(24)25/h5,7,12,14,16-19,22-23,26-27H,3-4,6,8-11,13,15H2,1-2H3,(H,24,25)/b7-5-,14-12+/t16-,17-,18?,19+,21+/m1/s1. The zero-order chi connectivity index (χ0) is 20.3. The highest BCUT2D eigenvalue weighted by atomic mass is 16.5. The Morgan fingerprint density at radius 1 is 1.26 bits per heavy atom. The van der Waals surface area contributed by atoms with Crippen molar-refractivity contribution in [3.8, 4) is 0 Å². The first-order valence-corrected chi connectivity index (χ1v) is 10.2. The molecule has 5 atom stereocenters. The molecule has 1 unspecified atom stereocenters. The third-order valence-corrected chi connectivity index (χ3v) is 5.41. The maximum absolute atomic E-state index is 10.5. The van der Waals surface area contributed by atoms with Gasteiger partial charge in [-0.1, -0.05) is 50.5 Å². The first-order valence-electron chi connectivity index (χ1n) is 10.2. The quantitative estimate of drug-likeness (QED) is 0.189. The third kappa shape index (κ3) is 9.02. The van der Waals surface area contributed by atoms with Gasteiger partial charge in [0.05, 0.1) is 11.7 Å². The number of hydroxylamine groups is 1. The molecule has 0 aliphatic heterocycles. The van der Waals surface area contributed by atoms with E-state index in [1.165, 1.54) is 0 Å². The topological polar surface area (TPSA) is 110 Å². The van der Waals surface area contributed by atoms with E-state index in [2.05, 4.69) is 12.4 Å². The van der Waals surface area contributed by atoms with Gasteiger partial charge >= 0.3 is 5.97 Å². The molecule has 156 valence electrons. The Hall–Kier alpha value is -1.21. The van der Waals surface area contributed by atoms with Crippen molar-refractivity contribution < 1.29 is 25.3 Å². The summed E-state index contributed by atoms with van der Waals surface area (Å²) in [5.74, 6) is -0.915. The van der Waals surface area contributed by atoms with Gasteiger partial charge in [-0.2, -0.15) is 0 Å². The average Bonchev–Trinajstić information content (AvgIpc) is 2.91. The maximum Gasteiger partial charge on any atom is 0.303 e. The average molecular weight is 384 g/mol. The van der Waals surface area contributed by atoms with Gasteiger partial charge in [-0.25, -0.2) is 5.48 Å². The lowest BCUT2D eigenvalue weighted by Gasteiger charge is -2.24. The van der Waals surface area contributed by atoms with Gasteiger partial charge in [-0.15, -0.1) is 0 Å². The summed E-state index contributed by atoms with van der Waals surface area (Å²) in [5, 5.41) is 39.0. The molecule has 6 heteroatoms. The molecule has 27 heavy (non-hydrogen) atoms. The second-order valence-corrected chi connectivity index (χ2v) is 7.95. The predicted molar refractivity (Wildman–Crippen MR) is 105 cm³/mol. The van der Waals surface area contributed by atoms with E-state index in [-0.39, 0.29) is 24.3 Å². The SMILES string of the molecule is CCCCC[C@](C)(O)/C=C/[C@H]1C(NO)C[C@H](O)[C@@H]1C/C=C\CCCC(=O)O. The summed E-state index contributed by atoms with van der Waals surface area (Å²) in [6, 6.07) is -0.242. The summed E-state index contributed by atoms with van der Waals surface area (Å²) < 4.78 is 0. The number of aliphatic hydroxyl groups is 2. The number of nitrogens with one attached hydrogen (secondary N) is 1. The van der Waals surface area contributed by atoms with Crippen LogP contribution in [0.2, 0.25) is 0 Å². The van der Waals surface area contributed by atoms with E-state index in [1.54, 1.807) is 13.0 Å². The molecular weight excluding hydrogens is 346 g/mol. The van der Waals surface area contributed by atoms with Crippen LogP contribution < -0.4 is 5.48 Å². The van der Waals surface area contributed by atoms with Crippen molar-refractivity contribution in [2.45, 2.75) is 89.4 Å². The van der Waals surface area contributed by atoms with Crippen LogP contribution in [0.25, 0.3) is 0 Å². The van der Waals surface area contributed by atoms with Gasteiger partial charge in [0, 0.05) is 18.4 Å². The van der Waals surface area contributed by atoms with Gasteiger partial charge in [-0.05, 0) is 44.9 Å². The Bertz CT molecular complexity index is 489. The molecule has 0 amide bonds. The Labute approximate surface area is 162 Å². The smallest absolute Gasteiger partial charge is 0.303 e. The van der Waals surface area contributed by atoms with Crippen molar-refractivity contribution in [2.75, 3.05) is 0 Å². The number of hydrogen-bond donors (Lipinski definition) is 5. The largest absolute Gasteiger partial charge is 0.481 e. The van der Waals surface area contributed by atoms with Gasteiger partial charge < -0.3 is 20.5 Å². The number of hydrogen-bond acceptors (Lipinski definition) is 5. The first kappa shape index (κ1) is 23.8. The highest BCUT2D eigenvalue weighted by Crippen LogP contribution is 2.36. The minimum absolute atomic E-state index is 0.0481. The molecule has 1 saturated carbocycles. The maximum atomic E-state index is 10.5. The fourth-order valence-electron chi connectivity index (χ4n) is 3.75. The molecule has 1 rings (SSSR count). The number of aliphatic hydroxyl groups excluding tert-OH is 1. The van der Waals surface area contributed by atoms with Crippen molar-refractivity contribution in [3.05, 3.63) is 24.3 Å². The number of allylic oxidation sites excluding steroid dienone is 2. The normalized spacial score (nSPS) is 28.2. The van der Waals surface area contributed by atoms with Gasteiger partial charge in [0.2, 0.25) is 0 Å². The molecule has 0 spiro atoms. The van der Waals surface area contributed by atoms with E-state index < -0.39 is 17.7 Å². The number of carbonyl (C=O) groups is 1. The molecule has 0 radical (unpaired) electrons. The van der Waals surface area contributed by atoms with E-state index >= 15 is 0 Å². The highest BCUT2D eigenvalue weighted by Gasteiger charge is 2.40. The lowest BCUT2D eigenvalue weighted by Crippen LogP contribution is -2.31. The van der Waals surface area contributed by atoms with Crippen LogP contribution in [-0.2, 0) is 4.79 Å². The van der Waals surface area contributed by atoms with Crippen molar-refractivity contribution in [1.29, 1.82) is 0 Å². The Kier molecular flexibility index (Phi) is 10.8. The molecule has 1 aliphatic carbocycles. The lowest BCUT2D eigenvalue weighted by molar-refractivity contribution is -0.137. The summed E-state index contributed by atoms with van der Waals surface area (Å²) in [5.41, 5.74) is 1.41. The molecule has 0 aromatic heterocycles. The van der Waals surface area contributed by atoms with Gasteiger partial charge in [0.25, 0.3) is 0 Å². The fourth-order valence-corrected chi connectivity index (χ4v) is 3.75. The second kappa shape index (κ2) is 12.3. The van der Waals surface area contributed by atoms with Crippen LogP contribution in [0.15, 0.2) is 24.3 Å². The van der Waals surface area contributed by atoms with Crippen molar-refractivity contribution in [3.63, 3.8) is 0 Å². The van der Waals surface area contributed by atoms with E-state index in [1.807, 2.05) is 18.2 Å². The van der Waals surface area contributed by atoms with Crippen LogP contribution in [0.3, 0.4) is 0 Å². The van der Waals surface area contributed by atoms with Crippen LogP contribution in [0, 0.1) is 11.8 Å². The molecule has 1 fully saturated rings. The summed E-state index contributed by atoms with van der Waals surface area (Å²) in [6.07, 6.45) is 13.6. The van der Waals surface area contributed by atoms with Crippen LogP contribution in [0.5, 0.6) is 0 Å². The van der Waals surface area contributed by atoms with Crippen molar-refractivity contribution >= 4 is 5.97 Å². The monoisotopic (exact) mass is 383 g/mol. The van der Waals surface area contributed by atoms with Crippen LogP contribution in [0.4, 0.5) is 0 Å². The van der Waals surface area contributed by atoms with Crippen LogP contribution >= 0.6 is 0 Å². The molecule has 0 saturated heterocycles. The zero-order valence-electron chi connectivity index (χ0n) is 16.7. The van der Waals surface area contributed by atoms with Crippen molar-refractivity contribution in [1.82, 2.24) is 5.48 Å². The Morgan fingerprint density at radius 3 is 2.63 bits per heavy atom. The second-order valence-electron chi connectivity index (χ2n) is 7.95.